The number of carbonyl (C=O) groups is 2. The summed E-state index contributed by atoms with van der Waals surface area (Å²) in [6, 6.07) is 13.3. The van der Waals surface area contributed by atoms with Crippen LogP contribution in [0.5, 0.6) is 0 Å². The first-order valence-corrected chi connectivity index (χ1v) is 11.5. The number of carbonyl (C=O) groups excluding carboxylic acids is 2. The number of sulfonamides is 1. The number of benzene rings is 2. The van der Waals surface area contributed by atoms with Crippen LogP contribution in [0.15, 0.2) is 53.4 Å². The summed E-state index contributed by atoms with van der Waals surface area (Å²) in [5, 5.41) is 0. The summed E-state index contributed by atoms with van der Waals surface area (Å²) in [6.45, 7) is 3.69. The minimum Gasteiger partial charge on any atom is -0.335 e. The van der Waals surface area contributed by atoms with E-state index in [-0.39, 0.29) is 23.3 Å². The van der Waals surface area contributed by atoms with Gasteiger partial charge >= 0.3 is 0 Å². The van der Waals surface area contributed by atoms with Crippen molar-refractivity contribution in [3.05, 3.63) is 65.2 Å². The van der Waals surface area contributed by atoms with Crippen LogP contribution < -0.4 is 4.72 Å². The van der Waals surface area contributed by atoms with E-state index in [0.717, 1.165) is 6.42 Å². The lowest BCUT2D eigenvalue weighted by atomic mass is 10.1. The first-order chi connectivity index (χ1) is 14.9. The second kappa shape index (κ2) is 9.77. The molecular weight excluding hydrogens is 414 g/mol. The minimum absolute atomic E-state index is 0.0382. The standard InChI is InChI=1S/C23H25N3O4S/c1-3-13-24-31(29,30)21-11-9-20(10-12-21)23(28)26-16-14-25(15-17-26)22(27)19-7-5-18(4-2)6-8-19/h1,5-12,24H,4,13-17H2,2H3. The first-order valence-electron chi connectivity index (χ1n) is 10.1. The van der Waals surface area contributed by atoms with Crippen molar-refractivity contribution in [2.45, 2.75) is 18.2 Å². The Bertz CT molecular complexity index is 1080. The van der Waals surface area contributed by atoms with Crippen LogP contribution in [0.1, 0.15) is 33.2 Å². The smallest absolute Gasteiger partial charge is 0.253 e. The molecule has 0 radical (unpaired) electrons. The molecule has 0 saturated carbocycles. The molecule has 0 unspecified atom stereocenters. The molecule has 0 aromatic heterocycles. The van der Waals surface area contributed by atoms with Gasteiger partial charge in [0.1, 0.15) is 0 Å². The normalized spacial score (nSPS) is 14.2. The summed E-state index contributed by atoms with van der Waals surface area (Å²) in [4.78, 5) is 28.9. The number of nitrogens with one attached hydrogen (secondary N) is 1. The number of hydrogen-bond donors (Lipinski definition) is 1. The molecule has 31 heavy (non-hydrogen) atoms. The van der Waals surface area contributed by atoms with Gasteiger partial charge in [0.05, 0.1) is 11.4 Å². The summed E-state index contributed by atoms with van der Waals surface area (Å²) in [5.74, 6) is 1.98. The molecule has 2 aromatic rings. The molecule has 162 valence electrons. The summed E-state index contributed by atoms with van der Waals surface area (Å²) >= 11 is 0. The zero-order valence-electron chi connectivity index (χ0n) is 17.4. The third-order valence-corrected chi connectivity index (χ3v) is 6.66. The molecular formula is C23H25N3O4S. The maximum atomic E-state index is 12.8. The van der Waals surface area contributed by atoms with Gasteiger partial charge in [0.2, 0.25) is 10.0 Å². The topological polar surface area (TPSA) is 86.8 Å². The third kappa shape index (κ3) is 5.32. The van der Waals surface area contributed by atoms with Crippen LogP contribution in [0.4, 0.5) is 0 Å². The fraction of sp³-hybridized carbons (Fsp3) is 0.304. The molecule has 2 amide bonds. The highest BCUT2D eigenvalue weighted by molar-refractivity contribution is 7.89. The molecule has 0 atom stereocenters. The van der Waals surface area contributed by atoms with Gasteiger partial charge in [-0.05, 0) is 48.4 Å². The van der Waals surface area contributed by atoms with E-state index in [9.17, 15) is 18.0 Å². The SMILES string of the molecule is C#CCNS(=O)(=O)c1ccc(C(=O)N2CCN(C(=O)c3ccc(CC)cc3)CC2)cc1. The number of amides is 2. The van der Waals surface area contributed by atoms with Gasteiger partial charge in [-0.1, -0.05) is 25.0 Å². The van der Waals surface area contributed by atoms with E-state index >= 15 is 0 Å². The van der Waals surface area contributed by atoms with Crippen LogP contribution in [0, 0.1) is 12.3 Å². The molecule has 1 heterocycles. The quantitative estimate of drug-likeness (QED) is 0.695. The largest absolute Gasteiger partial charge is 0.335 e. The molecule has 1 fully saturated rings. The van der Waals surface area contributed by atoms with Gasteiger partial charge in [-0.2, -0.15) is 4.72 Å². The molecule has 0 aliphatic carbocycles. The number of piperazine rings is 1. The number of rotatable bonds is 6. The maximum absolute atomic E-state index is 12.8. The highest BCUT2D eigenvalue weighted by Crippen LogP contribution is 2.15. The molecule has 0 spiro atoms. The van der Waals surface area contributed by atoms with E-state index in [2.05, 4.69) is 17.6 Å². The monoisotopic (exact) mass is 439 g/mol. The lowest BCUT2D eigenvalue weighted by molar-refractivity contribution is 0.0535. The molecule has 8 heteroatoms. The molecule has 1 N–H and O–H groups in total. The van der Waals surface area contributed by atoms with Crippen molar-refractivity contribution in [2.75, 3.05) is 32.7 Å². The molecule has 1 aliphatic heterocycles. The van der Waals surface area contributed by atoms with Crippen molar-refractivity contribution in [2.24, 2.45) is 0 Å². The fourth-order valence-corrected chi connectivity index (χ4v) is 4.29. The number of nitrogens with zero attached hydrogens (tertiary/aromatic N) is 2. The van der Waals surface area contributed by atoms with Crippen molar-refractivity contribution in [1.82, 2.24) is 14.5 Å². The zero-order valence-corrected chi connectivity index (χ0v) is 18.2. The third-order valence-electron chi connectivity index (χ3n) is 5.24. The van der Waals surface area contributed by atoms with Crippen LogP contribution >= 0.6 is 0 Å². The average Bonchev–Trinajstić information content (AvgIpc) is 2.82. The van der Waals surface area contributed by atoms with Gasteiger partial charge in [-0.15, -0.1) is 6.42 Å². The molecule has 1 saturated heterocycles. The second-order valence-electron chi connectivity index (χ2n) is 7.19. The molecule has 2 aromatic carbocycles. The molecule has 3 rings (SSSR count). The Morgan fingerprint density at radius 3 is 1.77 bits per heavy atom. The number of terminal acetylenes is 1. The van der Waals surface area contributed by atoms with Crippen LogP contribution in [-0.2, 0) is 16.4 Å². The summed E-state index contributed by atoms with van der Waals surface area (Å²) in [5.41, 5.74) is 2.22. The maximum Gasteiger partial charge on any atom is 0.253 e. The lowest BCUT2D eigenvalue weighted by Gasteiger charge is -2.35. The van der Waals surface area contributed by atoms with E-state index in [0.29, 0.717) is 37.3 Å². The highest BCUT2D eigenvalue weighted by atomic mass is 32.2. The van der Waals surface area contributed by atoms with Gasteiger partial charge in [0, 0.05) is 37.3 Å². The van der Waals surface area contributed by atoms with E-state index in [1.165, 1.54) is 29.8 Å². The summed E-state index contributed by atoms with van der Waals surface area (Å²) in [7, 11) is -3.70. The van der Waals surface area contributed by atoms with Gasteiger partial charge in [0.25, 0.3) is 11.8 Å². The van der Waals surface area contributed by atoms with E-state index < -0.39 is 10.0 Å². The number of aryl methyl sites for hydroxylation is 1. The molecule has 7 nitrogen and oxygen atoms in total. The molecule has 0 bridgehead atoms. The predicted molar refractivity (Wildman–Crippen MR) is 118 cm³/mol. The van der Waals surface area contributed by atoms with E-state index in [1.54, 1.807) is 9.80 Å². The van der Waals surface area contributed by atoms with Crippen molar-refractivity contribution in [3.63, 3.8) is 0 Å². The highest BCUT2D eigenvalue weighted by Gasteiger charge is 2.26. The summed E-state index contributed by atoms with van der Waals surface area (Å²) < 4.78 is 26.4. The Morgan fingerprint density at radius 2 is 1.35 bits per heavy atom. The van der Waals surface area contributed by atoms with Gasteiger partial charge in [-0.3, -0.25) is 9.59 Å². The van der Waals surface area contributed by atoms with Gasteiger partial charge in [-0.25, -0.2) is 8.42 Å². The Hall–Kier alpha value is -3.15. The lowest BCUT2D eigenvalue weighted by Crippen LogP contribution is -2.50. The van der Waals surface area contributed by atoms with Crippen LogP contribution in [0.2, 0.25) is 0 Å². The Kier molecular flexibility index (Phi) is 7.10. The molecule has 1 aliphatic rings. The van der Waals surface area contributed by atoms with Gasteiger partial charge < -0.3 is 9.80 Å². The minimum atomic E-state index is -3.70. The van der Waals surface area contributed by atoms with Gasteiger partial charge in [0.15, 0.2) is 0 Å². The average molecular weight is 440 g/mol. The first kappa shape index (κ1) is 22.5. The zero-order chi connectivity index (χ0) is 22.4. The van der Waals surface area contributed by atoms with Crippen LogP contribution in [0.3, 0.4) is 0 Å². The second-order valence-corrected chi connectivity index (χ2v) is 8.95. The van der Waals surface area contributed by atoms with E-state index in [4.69, 9.17) is 6.42 Å². The fourth-order valence-electron chi connectivity index (χ4n) is 3.36. The number of hydrogen-bond acceptors (Lipinski definition) is 4. The Labute approximate surface area is 183 Å². The predicted octanol–water partition coefficient (Wildman–Crippen LogP) is 1.76. The Balaban J connectivity index is 1.59. The van der Waals surface area contributed by atoms with Crippen molar-refractivity contribution in [3.8, 4) is 12.3 Å². The Morgan fingerprint density at radius 1 is 0.903 bits per heavy atom. The van der Waals surface area contributed by atoms with Crippen molar-refractivity contribution >= 4 is 21.8 Å². The van der Waals surface area contributed by atoms with Crippen molar-refractivity contribution < 1.29 is 18.0 Å². The van der Waals surface area contributed by atoms with Crippen molar-refractivity contribution in [1.29, 1.82) is 0 Å². The van der Waals surface area contributed by atoms with Crippen LogP contribution in [-0.4, -0.2) is 62.8 Å². The van der Waals surface area contributed by atoms with Crippen LogP contribution in [0.25, 0.3) is 0 Å². The summed E-state index contributed by atoms with van der Waals surface area (Å²) in [6.07, 6.45) is 6.00. The van der Waals surface area contributed by atoms with E-state index in [1.807, 2.05) is 24.3 Å².